The van der Waals surface area contributed by atoms with Gasteiger partial charge in [-0.2, -0.15) is 0 Å². The summed E-state index contributed by atoms with van der Waals surface area (Å²) in [4.78, 5) is 23.1. The molecule has 1 heterocycles. The largest absolute Gasteiger partial charge is 0.351 e. The molecule has 1 saturated carbocycles. The summed E-state index contributed by atoms with van der Waals surface area (Å²) in [5.41, 5.74) is 2.17. The molecule has 3 rings (SSSR count). The van der Waals surface area contributed by atoms with E-state index in [4.69, 9.17) is 0 Å². The minimum Gasteiger partial charge on any atom is -0.351 e. The van der Waals surface area contributed by atoms with E-state index in [0.717, 1.165) is 30.0 Å². The Kier molecular flexibility index (Phi) is 5.31. The second-order valence-electron chi connectivity index (χ2n) is 6.96. The number of anilines is 1. The van der Waals surface area contributed by atoms with Crippen LogP contribution < -0.4 is 5.32 Å². The van der Waals surface area contributed by atoms with Crippen molar-refractivity contribution in [3.8, 4) is 11.3 Å². The molecule has 1 aliphatic rings. The molecule has 1 aromatic heterocycles. The fourth-order valence-electron chi connectivity index (χ4n) is 2.87. The Hall–Kier alpha value is -2.43. The van der Waals surface area contributed by atoms with Gasteiger partial charge in [-0.25, -0.2) is 9.97 Å². The first-order valence-electron chi connectivity index (χ1n) is 8.99. The van der Waals surface area contributed by atoms with Crippen LogP contribution in [0.3, 0.4) is 0 Å². The first kappa shape index (κ1) is 17.4. The van der Waals surface area contributed by atoms with Crippen LogP contribution in [0.2, 0.25) is 0 Å². The normalized spacial score (nSPS) is 14.8. The predicted molar refractivity (Wildman–Crippen MR) is 101 cm³/mol. The van der Waals surface area contributed by atoms with E-state index in [-0.39, 0.29) is 5.91 Å². The fourth-order valence-corrected chi connectivity index (χ4v) is 2.87. The molecule has 1 aromatic carbocycles. The standard InChI is InChI=1S/C20H26N4O/c1-4-16(12-14-10-11-14)21-20-22-17(15-8-6-5-7-9-15)13-18(23-20)19(25)24(2)3/h5-9,13-14,16H,4,10-12H2,1-3H3,(H,21,22,23). The summed E-state index contributed by atoms with van der Waals surface area (Å²) in [5, 5.41) is 3.45. The molecule has 5 nitrogen and oxygen atoms in total. The number of nitrogens with zero attached hydrogens (tertiary/aromatic N) is 3. The number of carbonyl (C=O) groups is 1. The van der Waals surface area contributed by atoms with Gasteiger partial charge in [-0.15, -0.1) is 0 Å². The Bertz CT molecular complexity index is 726. The second-order valence-corrected chi connectivity index (χ2v) is 6.96. The Labute approximate surface area is 149 Å². The number of rotatable bonds is 7. The van der Waals surface area contributed by atoms with Crippen LogP contribution in [0.25, 0.3) is 11.3 Å². The zero-order valence-electron chi connectivity index (χ0n) is 15.2. The van der Waals surface area contributed by atoms with E-state index in [9.17, 15) is 4.79 Å². The predicted octanol–water partition coefficient (Wildman–Crippen LogP) is 3.84. The number of benzene rings is 1. The first-order valence-corrected chi connectivity index (χ1v) is 8.99. The van der Waals surface area contributed by atoms with Gasteiger partial charge in [-0.3, -0.25) is 4.79 Å². The van der Waals surface area contributed by atoms with Crippen LogP contribution in [0, 0.1) is 5.92 Å². The number of hydrogen-bond donors (Lipinski definition) is 1. The van der Waals surface area contributed by atoms with Gasteiger partial charge in [0.2, 0.25) is 5.95 Å². The Morgan fingerprint density at radius 3 is 2.56 bits per heavy atom. The molecule has 0 bridgehead atoms. The molecule has 132 valence electrons. The number of hydrogen-bond acceptors (Lipinski definition) is 4. The van der Waals surface area contributed by atoms with Crippen molar-refractivity contribution >= 4 is 11.9 Å². The van der Waals surface area contributed by atoms with Crippen LogP contribution in [0.15, 0.2) is 36.4 Å². The summed E-state index contributed by atoms with van der Waals surface area (Å²) >= 11 is 0. The minimum absolute atomic E-state index is 0.113. The van der Waals surface area contributed by atoms with Gasteiger partial charge in [-0.1, -0.05) is 50.1 Å². The van der Waals surface area contributed by atoms with Gasteiger partial charge in [0.05, 0.1) is 5.69 Å². The molecule has 1 fully saturated rings. The summed E-state index contributed by atoms with van der Waals surface area (Å²) < 4.78 is 0. The summed E-state index contributed by atoms with van der Waals surface area (Å²) in [6.07, 6.45) is 4.82. The van der Waals surface area contributed by atoms with Crippen molar-refractivity contribution in [2.75, 3.05) is 19.4 Å². The topological polar surface area (TPSA) is 58.1 Å². The molecule has 1 amide bonds. The van der Waals surface area contributed by atoms with E-state index in [1.54, 1.807) is 25.1 Å². The van der Waals surface area contributed by atoms with Gasteiger partial charge in [0.15, 0.2) is 0 Å². The average Bonchev–Trinajstić information content (AvgIpc) is 3.45. The zero-order valence-corrected chi connectivity index (χ0v) is 15.2. The molecule has 0 radical (unpaired) electrons. The fraction of sp³-hybridized carbons (Fsp3) is 0.450. The maximum Gasteiger partial charge on any atom is 0.272 e. The van der Waals surface area contributed by atoms with Crippen LogP contribution in [0.1, 0.15) is 43.1 Å². The summed E-state index contributed by atoms with van der Waals surface area (Å²) in [6, 6.07) is 12.0. The second kappa shape index (κ2) is 7.64. The summed E-state index contributed by atoms with van der Waals surface area (Å²) in [5.74, 6) is 1.26. The van der Waals surface area contributed by atoms with Gasteiger partial charge in [-0.05, 0) is 24.8 Å². The highest BCUT2D eigenvalue weighted by atomic mass is 16.2. The van der Waals surface area contributed by atoms with E-state index in [1.165, 1.54) is 12.8 Å². The van der Waals surface area contributed by atoms with Crippen LogP contribution >= 0.6 is 0 Å². The third-order valence-corrected chi connectivity index (χ3v) is 4.56. The third kappa shape index (κ3) is 4.56. The molecule has 0 saturated heterocycles. The summed E-state index contributed by atoms with van der Waals surface area (Å²) in [6.45, 7) is 2.17. The van der Waals surface area contributed by atoms with Crippen LogP contribution in [0.4, 0.5) is 5.95 Å². The molecule has 25 heavy (non-hydrogen) atoms. The Balaban J connectivity index is 1.92. The number of aromatic nitrogens is 2. The lowest BCUT2D eigenvalue weighted by atomic mass is 10.1. The van der Waals surface area contributed by atoms with E-state index in [1.807, 2.05) is 30.3 Å². The highest BCUT2D eigenvalue weighted by Crippen LogP contribution is 2.34. The third-order valence-electron chi connectivity index (χ3n) is 4.56. The maximum absolute atomic E-state index is 12.4. The van der Waals surface area contributed by atoms with Gasteiger partial charge in [0.1, 0.15) is 5.69 Å². The van der Waals surface area contributed by atoms with E-state index < -0.39 is 0 Å². The Morgan fingerprint density at radius 2 is 1.96 bits per heavy atom. The van der Waals surface area contributed by atoms with Crippen molar-refractivity contribution in [3.05, 3.63) is 42.1 Å². The van der Waals surface area contributed by atoms with Gasteiger partial charge >= 0.3 is 0 Å². The smallest absolute Gasteiger partial charge is 0.272 e. The highest BCUT2D eigenvalue weighted by molar-refractivity contribution is 5.93. The van der Waals surface area contributed by atoms with Crippen molar-refractivity contribution in [2.45, 2.75) is 38.6 Å². The number of amides is 1. The molecule has 5 heteroatoms. The number of carbonyl (C=O) groups excluding carboxylic acids is 1. The zero-order chi connectivity index (χ0) is 17.8. The molecule has 2 aromatic rings. The Morgan fingerprint density at radius 1 is 1.24 bits per heavy atom. The first-order chi connectivity index (χ1) is 12.1. The quantitative estimate of drug-likeness (QED) is 0.833. The lowest BCUT2D eigenvalue weighted by Gasteiger charge is -2.18. The van der Waals surface area contributed by atoms with Gasteiger partial charge in [0.25, 0.3) is 5.91 Å². The average molecular weight is 338 g/mol. The molecule has 1 aliphatic carbocycles. The van der Waals surface area contributed by atoms with Crippen molar-refractivity contribution in [2.24, 2.45) is 5.92 Å². The molecular formula is C20H26N4O. The van der Waals surface area contributed by atoms with Crippen molar-refractivity contribution in [1.29, 1.82) is 0 Å². The van der Waals surface area contributed by atoms with Crippen LogP contribution in [-0.4, -0.2) is 40.9 Å². The van der Waals surface area contributed by atoms with Crippen molar-refractivity contribution in [3.63, 3.8) is 0 Å². The molecule has 1 unspecified atom stereocenters. The van der Waals surface area contributed by atoms with E-state index >= 15 is 0 Å². The van der Waals surface area contributed by atoms with Gasteiger partial charge in [0, 0.05) is 25.7 Å². The molecule has 0 aliphatic heterocycles. The van der Waals surface area contributed by atoms with E-state index in [2.05, 4.69) is 22.2 Å². The molecule has 1 atom stereocenters. The highest BCUT2D eigenvalue weighted by Gasteiger charge is 2.25. The van der Waals surface area contributed by atoms with Gasteiger partial charge < -0.3 is 10.2 Å². The molecule has 1 N–H and O–H groups in total. The molecule has 0 spiro atoms. The van der Waals surface area contributed by atoms with Crippen LogP contribution in [0.5, 0.6) is 0 Å². The number of nitrogens with one attached hydrogen (secondary N) is 1. The lowest BCUT2D eigenvalue weighted by Crippen LogP contribution is -2.25. The van der Waals surface area contributed by atoms with E-state index in [0.29, 0.717) is 17.7 Å². The SMILES string of the molecule is CCC(CC1CC1)Nc1nc(C(=O)N(C)C)cc(-c2ccccc2)n1. The monoisotopic (exact) mass is 338 g/mol. The van der Waals surface area contributed by atoms with Crippen LogP contribution in [-0.2, 0) is 0 Å². The minimum atomic E-state index is -0.113. The molecular weight excluding hydrogens is 312 g/mol. The summed E-state index contributed by atoms with van der Waals surface area (Å²) in [7, 11) is 3.48. The maximum atomic E-state index is 12.4. The van der Waals surface area contributed by atoms with Crippen molar-refractivity contribution < 1.29 is 4.79 Å². The lowest BCUT2D eigenvalue weighted by molar-refractivity contribution is 0.0822. The van der Waals surface area contributed by atoms with Crippen molar-refractivity contribution in [1.82, 2.24) is 14.9 Å².